The monoisotopic (exact) mass is 279 g/mol. The van der Waals surface area contributed by atoms with Gasteiger partial charge in [0.1, 0.15) is 5.75 Å². The summed E-state index contributed by atoms with van der Waals surface area (Å²) in [6, 6.07) is 5.71. The van der Waals surface area contributed by atoms with Gasteiger partial charge in [-0.1, -0.05) is 24.6 Å². The van der Waals surface area contributed by atoms with Crippen molar-refractivity contribution in [3.63, 3.8) is 0 Å². The van der Waals surface area contributed by atoms with Gasteiger partial charge >= 0.3 is 5.97 Å². The van der Waals surface area contributed by atoms with Crippen molar-refractivity contribution >= 4 is 11.9 Å². The lowest BCUT2D eigenvalue weighted by Crippen LogP contribution is -2.35. The van der Waals surface area contributed by atoms with E-state index in [1.807, 2.05) is 32.0 Å². The van der Waals surface area contributed by atoms with Crippen LogP contribution in [0.25, 0.3) is 0 Å². The molecule has 0 saturated carbocycles. The Labute approximate surface area is 118 Å². The second-order valence-corrected chi connectivity index (χ2v) is 4.81. The lowest BCUT2D eigenvalue weighted by Gasteiger charge is -2.12. The fourth-order valence-corrected chi connectivity index (χ4v) is 1.80. The average molecular weight is 279 g/mol. The van der Waals surface area contributed by atoms with Gasteiger partial charge in [-0.05, 0) is 31.9 Å². The normalized spacial score (nSPS) is 11.8. The zero-order chi connectivity index (χ0) is 15.1. The van der Waals surface area contributed by atoms with E-state index >= 15 is 0 Å². The highest BCUT2D eigenvalue weighted by atomic mass is 16.5. The zero-order valence-corrected chi connectivity index (χ0v) is 12.1. The fraction of sp³-hybridized carbons (Fsp3) is 0.467. The molecule has 1 aromatic carbocycles. The Bertz CT molecular complexity index is 485. The van der Waals surface area contributed by atoms with Crippen LogP contribution in [0, 0.1) is 19.8 Å². The number of carboxylic acid groups (broad SMARTS) is 1. The van der Waals surface area contributed by atoms with Gasteiger partial charge in [-0.3, -0.25) is 9.59 Å². The highest BCUT2D eigenvalue weighted by molar-refractivity contribution is 5.78. The van der Waals surface area contributed by atoms with Crippen molar-refractivity contribution < 1.29 is 19.4 Å². The molecule has 0 aliphatic rings. The number of carbonyl (C=O) groups is 2. The summed E-state index contributed by atoms with van der Waals surface area (Å²) in [5, 5.41) is 11.4. The van der Waals surface area contributed by atoms with Crippen LogP contribution in [-0.2, 0) is 9.59 Å². The number of nitrogens with one attached hydrogen (secondary N) is 1. The molecule has 20 heavy (non-hydrogen) atoms. The molecule has 0 aromatic heterocycles. The first-order chi connectivity index (χ1) is 9.43. The molecular weight excluding hydrogens is 258 g/mol. The molecular formula is C15H21NO4. The third-order valence-electron chi connectivity index (χ3n) is 3.08. The number of carbonyl (C=O) groups excluding carboxylic acids is 1. The SMILES string of the molecule is CCC(CNC(=O)COc1ccc(C)cc1C)C(=O)O. The van der Waals surface area contributed by atoms with Gasteiger partial charge in [0.2, 0.25) is 0 Å². The van der Waals surface area contributed by atoms with Gasteiger partial charge in [-0.15, -0.1) is 0 Å². The summed E-state index contributed by atoms with van der Waals surface area (Å²) >= 11 is 0. The van der Waals surface area contributed by atoms with Gasteiger partial charge in [0.25, 0.3) is 5.91 Å². The molecule has 1 aromatic rings. The van der Waals surface area contributed by atoms with Gasteiger partial charge in [-0.2, -0.15) is 0 Å². The molecule has 1 atom stereocenters. The van der Waals surface area contributed by atoms with Crippen LogP contribution in [0.2, 0.25) is 0 Å². The van der Waals surface area contributed by atoms with Crippen molar-refractivity contribution in [3.8, 4) is 5.75 Å². The summed E-state index contributed by atoms with van der Waals surface area (Å²) in [6.07, 6.45) is 0.480. The van der Waals surface area contributed by atoms with Crippen LogP contribution < -0.4 is 10.1 Å². The Morgan fingerprint density at radius 3 is 2.60 bits per heavy atom. The van der Waals surface area contributed by atoms with Crippen molar-refractivity contribution in [3.05, 3.63) is 29.3 Å². The third-order valence-corrected chi connectivity index (χ3v) is 3.08. The molecule has 0 spiro atoms. The molecule has 0 aliphatic heterocycles. The summed E-state index contributed by atoms with van der Waals surface area (Å²) in [5.41, 5.74) is 2.10. The predicted octanol–water partition coefficient (Wildman–Crippen LogP) is 1.91. The summed E-state index contributed by atoms with van der Waals surface area (Å²) in [5.74, 6) is -1.11. The molecule has 0 radical (unpaired) electrons. The number of benzene rings is 1. The molecule has 0 aliphatic carbocycles. The molecule has 0 saturated heterocycles. The predicted molar refractivity (Wildman–Crippen MR) is 75.8 cm³/mol. The van der Waals surface area contributed by atoms with E-state index < -0.39 is 11.9 Å². The Morgan fingerprint density at radius 1 is 1.35 bits per heavy atom. The summed E-state index contributed by atoms with van der Waals surface area (Å²) < 4.78 is 5.42. The maximum atomic E-state index is 11.6. The van der Waals surface area contributed by atoms with Gasteiger partial charge in [0, 0.05) is 6.54 Å². The number of hydrogen-bond donors (Lipinski definition) is 2. The lowest BCUT2D eigenvalue weighted by atomic mass is 10.1. The van der Waals surface area contributed by atoms with E-state index in [0.717, 1.165) is 11.1 Å². The Hall–Kier alpha value is -2.04. The van der Waals surface area contributed by atoms with Crippen molar-refractivity contribution in [2.24, 2.45) is 5.92 Å². The molecule has 1 unspecified atom stereocenters. The van der Waals surface area contributed by atoms with E-state index in [1.165, 1.54) is 0 Å². The molecule has 2 N–H and O–H groups in total. The van der Waals surface area contributed by atoms with Crippen LogP contribution in [0.4, 0.5) is 0 Å². The minimum Gasteiger partial charge on any atom is -0.484 e. The first kappa shape index (κ1) is 16.0. The van der Waals surface area contributed by atoms with Crippen LogP contribution in [0.1, 0.15) is 24.5 Å². The highest BCUT2D eigenvalue weighted by Gasteiger charge is 2.16. The topological polar surface area (TPSA) is 75.6 Å². The van der Waals surface area contributed by atoms with Crippen LogP contribution >= 0.6 is 0 Å². The minimum absolute atomic E-state index is 0.111. The number of ether oxygens (including phenoxy) is 1. The lowest BCUT2D eigenvalue weighted by molar-refractivity contribution is -0.141. The second kappa shape index (κ2) is 7.53. The highest BCUT2D eigenvalue weighted by Crippen LogP contribution is 2.18. The number of carboxylic acids is 1. The van der Waals surface area contributed by atoms with E-state index in [9.17, 15) is 9.59 Å². The first-order valence-electron chi connectivity index (χ1n) is 6.63. The van der Waals surface area contributed by atoms with E-state index in [4.69, 9.17) is 9.84 Å². The molecule has 0 heterocycles. The number of hydrogen-bond acceptors (Lipinski definition) is 3. The number of aliphatic carboxylic acids is 1. The van der Waals surface area contributed by atoms with E-state index in [-0.39, 0.29) is 19.1 Å². The maximum Gasteiger partial charge on any atom is 0.308 e. The third kappa shape index (κ3) is 4.91. The van der Waals surface area contributed by atoms with Crippen LogP contribution in [-0.4, -0.2) is 30.1 Å². The van der Waals surface area contributed by atoms with E-state index in [2.05, 4.69) is 5.32 Å². The number of rotatable bonds is 7. The van der Waals surface area contributed by atoms with Crippen molar-refractivity contribution in [1.82, 2.24) is 5.32 Å². The van der Waals surface area contributed by atoms with Gasteiger partial charge in [0.15, 0.2) is 6.61 Å². The van der Waals surface area contributed by atoms with Crippen LogP contribution in [0.15, 0.2) is 18.2 Å². The smallest absolute Gasteiger partial charge is 0.308 e. The summed E-state index contributed by atoms with van der Waals surface area (Å²) in [4.78, 5) is 22.4. The van der Waals surface area contributed by atoms with Crippen LogP contribution in [0.3, 0.4) is 0 Å². The molecule has 5 nitrogen and oxygen atoms in total. The Balaban J connectivity index is 2.41. The standard InChI is InChI=1S/C15H21NO4/c1-4-12(15(18)19)8-16-14(17)9-20-13-6-5-10(2)7-11(13)3/h5-7,12H,4,8-9H2,1-3H3,(H,16,17)(H,18,19). The van der Waals surface area contributed by atoms with Crippen LogP contribution in [0.5, 0.6) is 5.75 Å². The first-order valence-corrected chi connectivity index (χ1v) is 6.63. The van der Waals surface area contributed by atoms with Crippen molar-refractivity contribution in [2.45, 2.75) is 27.2 Å². The molecule has 0 fully saturated rings. The maximum absolute atomic E-state index is 11.6. The number of aryl methyl sites for hydroxylation is 2. The molecule has 110 valence electrons. The van der Waals surface area contributed by atoms with Crippen molar-refractivity contribution in [2.75, 3.05) is 13.2 Å². The number of amides is 1. The molecule has 1 amide bonds. The zero-order valence-electron chi connectivity index (χ0n) is 12.1. The minimum atomic E-state index is -0.900. The summed E-state index contributed by atoms with van der Waals surface area (Å²) in [6.45, 7) is 5.69. The second-order valence-electron chi connectivity index (χ2n) is 4.81. The van der Waals surface area contributed by atoms with Crippen molar-refractivity contribution in [1.29, 1.82) is 0 Å². The van der Waals surface area contributed by atoms with Gasteiger partial charge < -0.3 is 15.2 Å². The van der Waals surface area contributed by atoms with Gasteiger partial charge in [0.05, 0.1) is 5.92 Å². The summed E-state index contributed by atoms with van der Waals surface area (Å²) in [7, 11) is 0. The molecule has 5 heteroatoms. The fourth-order valence-electron chi connectivity index (χ4n) is 1.80. The largest absolute Gasteiger partial charge is 0.484 e. The van der Waals surface area contributed by atoms with Gasteiger partial charge in [-0.25, -0.2) is 0 Å². The molecule has 0 bridgehead atoms. The average Bonchev–Trinajstić information content (AvgIpc) is 2.38. The quantitative estimate of drug-likeness (QED) is 0.799. The van der Waals surface area contributed by atoms with E-state index in [1.54, 1.807) is 6.92 Å². The Kier molecular flexibility index (Phi) is 6.03. The Morgan fingerprint density at radius 2 is 2.05 bits per heavy atom. The molecule has 1 rings (SSSR count). The van der Waals surface area contributed by atoms with E-state index in [0.29, 0.717) is 12.2 Å².